The summed E-state index contributed by atoms with van der Waals surface area (Å²) >= 11 is 6.27. The average molecular weight is 577 g/mol. The predicted octanol–water partition coefficient (Wildman–Crippen LogP) is 5.94. The van der Waals surface area contributed by atoms with Crippen LogP contribution in [-0.2, 0) is 23.3 Å². The van der Waals surface area contributed by atoms with Crippen LogP contribution in [0.15, 0.2) is 106 Å². The number of rotatable bonds is 6. The molecule has 8 heteroatoms. The van der Waals surface area contributed by atoms with Gasteiger partial charge in [0.05, 0.1) is 30.3 Å². The standard InChI is InChI=1S/C34H25ClN2O5/c1-41-24-14-11-21(12-15-24)17-18-37-32(39)31-29(30(38)25-19-23(35)13-16-28(25)42-31)34(37)26-9-5-6-10-27(26)36(33(34)40)20-22-7-3-2-4-8-22/h2-16,19H,17-18,20H2,1H3. The van der Waals surface area contributed by atoms with E-state index in [9.17, 15) is 14.4 Å². The fraction of sp³-hybridized carbons (Fsp3) is 0.147. The highest BCUT2D eigenvalue weighted by Gasteiger charge is 2.64. The van der Waals surface area contributed by atoms with Crippen molar-refractivity contribution in [1.29, 1.82) is 0 Å². The highest BCUT2D eigenvalue weighted by atomic mass is 35.5. The number of carbonyl (C=O) groups excluding carboxylic acids is 2. The van der Waals surface area contributed by atoms with Crippen LogP contribution in [0.25, 0.3) is 11.0 Å². The molecule has 4 aromatic carbocycles. The van der Waals surface area contributed by atoms with Crippen molar-refractivity contribution in [3.63, 3.8) is 0 Å². The maximum absolute atomic E-state index is 14.9. The Labute approximate surface area is 246 Å². The summed E-state index contributed by atoms with van der Waals surface area (Å²) in [4.78, 5) is 46.6. The number of halogens is 1. The summed E-state index contributed by atoms with van der Waals surface area (Å²) in [5.41, 5.74) is 1.22. The molecule has 0 fully saturated rings. The van der Waals surface area contributed by atoms with Crippen LogP contribution in [0.2, 0.25) is 5.02 Å². The summed E-state index contributed by atoms with van der Waals surface area (Å²) in [5, 5.41) is 0.575. The van der Waals surface area contributed by atoms with Gasteiger partial charge in [-0.2, -0.15) is 0 Å². The molecule has 7 nitrogen and oxygen atoms in total. The molecule has 1 spiro atoms. The van der Waals surface area contributed by atoms with Gasteiger partial charge in [0.2, 0.25) is 5.76 Å². The van der Waals surface area contributed by atoms with E-state index in [0.29, 0.717) is 22.7 Å². The molecule has 2 aliphatic rings. The summed E-state index contributed by atoms with van der Waals surface area (Å²) in [6.45, 7) is 0.449. The Kier molecular flexibility index (Phi) is 6.13. The molecule has 7 rings (SSSR count). The fourth-order valence-corrected chi connectivity index (χ4v) is 6.39. The molecule has 0 aliphatic carbocycles. The van der Waals surface area contributed by atoms with Crippen LogP contribution in [0.5, 0.6) is 5.75 Å². The van der Waals surface area contributed by atoms with Gasteiger partial charge < -0.3 is 19.0 Å². The molecule has 0 radical (unpaired) electrons. The van der Waals surface area contributed by atoms with Gasteiger partial charge in [-0.15, -0.1) is 0 Å². The van der Waals surface area contributed by atoms with E-state index in [-0.39, 0.29) is 41.3 Å². The first kappa shape index (κ1) is 26.0. The Balaban J connectivity index is 1.44. The first-order chi connectivity index (χ1) is 20.4. The van der Waals surface area contributed by atoms with Crippen molar-refractivity contribution in [2.24, 2.45) is 0 Å². The predicted molar refractivity (Wildman–Crippen MR) is 160 cm³/mol. The number of ether oxygens (including phenoxy) is 1. The van der Waals surface area contributed by atoms with Gasteiger partial charge in [-0.05, 0) is 53.9 Å². The molecule has 0 N–H and O–H groups in total. The number of hydrogen-bond acceptors (Lipinski definition) is 5. The normalized spacial score (nSPS) is 17.3. The summed E-state index contributed by atoms with van der Waals surface area (Å²) in [6, 6.07) is 29.2. The van der Waals surface area contributed by atoms with Crippen LogP contribution in [0.1, 0.15) is 32.8 Å². The minimum absolute atomic E-state index is 0.0324. The van der Waals surface area contributed by atoms with Gasteiger partial charge in [-0.3, -0.25) is 14.4 Å². The molecule has 3 heterocycles. The Morgan fingerprint density at radius 1 is 0.857 bits per heavy atom. The third-order valence-electron chi connectivity index (χ3n) is 8.16. The highest BCUT2D eigenvalue weighted by Crippen LogP contribution is 2.53. The number of nitrogens with zero attached hydrogens (tertiary/aromatic N) is 2. The molecule has 1 unspecified atom stereocenters. The van der Waals surface area contributed by atoms with E-state index in [1.807, 2.05) is 78.9 Å². The van der Waals surface area contributed by atoms with Gasteiger partial charge in [0.25, 0.3) is 11.8 Å². The molecular weight excluding hydrogens is 552 g/mol. The lowest BCUT2D eigenvalue weighted by molar-refractivity contribution is -0.126. The molecule has 2 aliphatic heterocycles. The Morgan fingerprint density at radius 2 is 1.60 bits per heavy atom. The fourth-order valence-electron chi connectivity index (χ4n) is 6.22. The lowest BCUT2D eigenvalue weighted by atomic mass is 9.83. The van der Waals surface area contributed by atoms with E-state index in [1.54, 1.807) is 24.1 Å². The lowest BCUT2D eigenvalue weighted by Crippen LogP contribution is -2.53. The van der Waals surface area contributed by atoms with E-state index in [2.05, 4.69) is 0 Å². The van der Waals surface area contributed by atoms with Crippen molar-refractivity contribution >= 4 is 40.1 Å². The topological polar surface area (TPSA) is 80.1 Å². The molecule has 1 atom stereocenters. The molecule has 208 valence electrons. The molecule has 0 saturated heterocycles. The van der Waals surface area contributed by atoms with Gasteiger partial charge in [-0.1, -0.05) is 72.3 Å². The Morgan fingerprint density at radius 3 is 2.36 bits per heavy atom. The second-order valence-corrected chi connectivity index (χ2v) is 10.9. The van der Waals surface area contributed by atoms with Crippen LogP contribution >= 0.6 is 11.6 Å². The number of carbonyl (C=O) groups is 2. The first-order valence-corrected chi connectivity index (χ1v) is 14.0. The van der Waals surface area contributed by atoms with Crippen LogP contribution in [0.4, 0.5) is 5.69 Å². The molecular formula is C34H25ClN2O5. The Hall–Kier alpha value is -4.88. The number of benzene rings is 4. The molecule has 2 amide bonds. The van der Waals surface area contributed by atoms with Crippen molar-refractivity contribution in [2.45, 2.75) is 18.5 Å². The number of fused-ring (bicyclic) bond motifs is 5. The summed E-state index contributed by atoms with van der Waals surface area (Å²) in [6.07, 6.45) is 0.444. The smallest absolute Gasteiger partial charge is 0.291 e. The van der Waals surface area contributed by atoms with Gasteiger partial charge >= 0.3 is 0 Å². The zero-order chi connectivity index (χ0) is 29.0. The van der Waals surface area contributed by atoms with Crippen LogP contribution in [0.3, 0.4) is 0 Å². The van der Waals surface area contributed by atoms with E-state index >= 15 is 0 Å². The monoisotopic (exact) mass is 576 g/mol. The quantitative estimate of drug-likeness (QED) is 0.250. The minimum atomic E-state index is -1.69. The largest absolute Gasteiger partial charge is 0.497 e. The van der Waals surface area contributed by atoms with Crippen LogP contribution < -0.4 is 15.1 Å². The third-order valence-corrected chi connectivity index (χ3v) is 8.40. The molecule has 1 aromatic heterocycles. The lowest BCUT2D eigenvalue weighted by Gasteiger charge is -2.34. The molecule has 0 saturated carbocycles. The average Bonchev–Trinajstić information content (AvgIpc) is 3.41. The van der Waals surface area contributed by atoms with Gasteiger partial charge in [0.1, 0.15) is 11.3 Å². The van der Waals surface area contributed by atoms with Crippen LogP contribution in [-0.4, -0.2) is 30.4 Å². The highest BCUT2D eigenvalue weighted by molar-refractivity contribution is 6.31. The SMILES string of the molecule is COc1ccc(CCN2C(=O)c3oc4ccc(Cl)cc4c(=O)c3C23C(=O)N(Cc2ccccc2)c2ccccc23)cc1. The summed E-state index contributed by atoms with van der Waals surface area (Å²) in [7, 11) is 1.60. The number of anilines is 1. The number of para-hydroxylation sites is 1. The van der Waals surface area contributed by atoms with E-state index < -0.39 is 16.9 Å². The van der Waals surface area contributed by atoms with Gasteiger partial charge in [0, 0.05) is 17.1 Å². The van der Waals surface area contributed by atoms with Crippen molar-refractivity contribution in [1.82, 2.24) is 4.90 Å². The Bertz CT molecular complexity index is 1940. The maximum atomic E-state index is 14.9. The van der Waals surface area contributed by atoms with Crippen molar-refractivity contribution < 1.29 is 18.7 Å². The van der Waals surface area contributed by atoms with Crippen LogP contribution in [0, 0.1) is 0 Å². The first-order valence-electron chi connectivity index (χ1n) is 13.6. The van der Waals surface area contributed by atoms with E-state index in [4.69, 9.17) is 20.8 Å². The maximum Gasteiger partial charge on any atom is 0.291 e. The third kappa shape index (κ3) is 3.77. The minimum Gasteiger partial charge on any atom is -0.497 e. The molecule has 42 heavy (non-hydrogen) atoms. The second kappa shape index (κ2) is 9.89. The van der Waals surface area contributed by atoms with Crippen molar-refractivity contribution in [3.05, 3.63) is 140 Å². The number of amides is 2. The van der Waals surface area contributed by atoms with Gasteiger partial charge in [-0.25, -0.2) is 0 Å². The number of hydrogen-bond donors (Lipinski definition) is 0. The van der Waals surface area contributed by atoms with Gasteiger partial charge in [0.15, 0.2) is 11.0 Å². The zero-order valence-electron chi connectivity index (χ0n) is 22.7. The van der Waals surface area contributed by atoms with E-state index in [1.165, 1.54) is 11.0 Å². The van der Waals surface area contributed by atoms with Crippen molar-refractivity contribution in [3.8, 4) is 5.75 Å². The number of methoxy groups -OCH3 is 1. The van der Waals surface area contributed by atoms with Crippen molar-refractivity contribution in [2.75, 3.05) is 18.6 Å². The summed E-state index contributed by atoms with van der Waals surface area (Å²) in [5.74, 6) is -0.272. The second-order valence-electron chi connectivity index (χ2n) is 10.4. The summed E-state index contributed by atoms with van der Waals surface area (Å²) < 4.78 is 11.4. The zero-order valence-corrected chi connectivity index (χ0v) is 23.4. The van der Waals surface area contributed by atoms with E-state index in [0.717, 1.165) is 16.9 Å². The molecule has 5 aromatic rings. The molecule has 0 bridgehead atoms.